The molecular formula is C14H21BrN2O3. The third-order valence-electron chi connectivity index (χ3n) is 3.01. The van der Waals surface area contributed by atoms with Gasteiger partial charge in [0.05, 0.1) is 0 Å². The Morgan fingerprint density at radius 2 is 2.05 bits per heavy atom. The molecular weight excluding hydrogens is 324 g/mol. The van der Waals surface area contributed by atoms with E-state index >= 15 is 0 Å². The molecule has 0 aromatic carbocycles. The van der Waals surface area contributed by atoms with Crippen LogP contribution in [0, 0.1) is 0 Å². The summed E-state index contributed by atoms with van der Waals surface area (Å²) in [7, 11) is 0. The average molecular weight is 345 g/mol. The van der Waals surface area contributed by atoms with E-state index in [9.17, 15) is 9.59 Å². The summed E-state index contributed by atoms with van der Waals surface area (Å²) in [5, 5.41) is 11.5. The molecule has 1 aromatic rings. The van der Waals surface area contributed by atoms with Gasteiger partial charge in [-0.05, 0) is 55.6 Å². The molecule has 0 saturated carbocycles. The molecule has 0 aliphatic rings. The molecule has 5 nitrogen and oxygen atoms in total. The number of carbonyl (C=O) groups excluding carboxylic acids is 1. The Morgan fingerprint density at radius 3 is 2.60 bits per heavy atom. The predicted octanol–water partition coefficient (Wildman–Crippen LogP) is 3.20. The standard InChI is InChI=1S/C14H21BrN2O3/c1-9(2)17-8-11(15)7-12(17)14(20)16-10(3)5-4-6-13(18)19/h7-10H,4-6H2,1-3H3,(H,16,20)(H,18,19). The van der Waals surface area contributed by atoms with Crippen molar-refractivity contribution in [3.8, 4) is 0 Å². The fraction of sp³-hybridized carbons (Fsp3) is 0.571. The van der Waals surface area contributed by atoms with Gasteiger partial charge in [0.25, 0.3) is 5.91 Å². The van der Waals surface area contributed by atoms with E-state index in [2.05, 4.69) is 21.2 Å². The maximum absolute atomic E-state index is 12.2. The van der Waals surface area contributed by atoms with Crippen LogP contribution in [0.15, 0.2) is 16.7 Å². The summed E-state index contributed by atoms with van der Waals surface area (Å²) in [6.07, 6.45) is 3.23. The normalized spacial score (nSPS) is 12.4. The molecule has 0 spiro atoms. The minimum absolute atomic E-state index is 0.0452. The van der Waals surface area contributed by atoms with Crippen LogP contribution in [0.5, 0.6) is 0 Å². The highest BCUT2D eigenvalue weighted by Crippen LogP contribution is 2.19. The number of nitrogens with one attached hydrogen (secondary N) is 1. The molecule has 0 fully saturated rings. The number of carbonyl (C=O) groups is 2. The first-order valence-corrected chi connectivity index (χ1v) is 7.50. The van der Waals surface area contributed by atoms with Gasteiger partial charge in [-0.2, -0.15) is 0 Å². The van der Waals surface area contributed by atoms with E-state index in [1.54, 1.807) is 6.07 Å². The predicted molar refractivity (Wildman–Crippen MR) is 80.9 cm³/mol. The molecule has 1 amide bonds. The summed E-state index contributed by atoms with van der Waals surface area (Å²) in [5.74, 6) is -0.937. The molecule has 1 aromatic heterocycles. The maximum atomic E-state index is 12.2. The highest BCUT2D eigenvalue weighted by atomic mass is 79.9. The van der Waals surface area contributed by atoms with E-state index < -0.39 is 5.97 Å². The lowest BCUT2D eigenvalue weighted by Gasteiger charge is -2.16. The van der Waals surface area contributed by atoms with E-state index in [-0.39, 0.29) is 24.4 Å². The summed E-state index contributed by atoms with van der Waals surface area (Å²) >= 11 is 3.38. The monoisotopic (exact) mass is 344 g/mol. The minimum Gasteiger partial charge on any atom is -0.481 e. The molecule has 1 heterocycles. The Labute approximate surface area is 127 Å². The van der Waals surface area contributed by atoms with Crippen molar-refractivity contribution in [3.63, 3.8) is 0 Å². The smallest absolute Gasteiger partial charge is 0.303 e. The van der Waals surface area contributed by atoms with Gasteiger partial charge in [-0.3, -0.25) is 9.59 Å². The van der Waals surface area contributed by atoms with Crippen LogP contribution in [0.3, 0.4) is 0 Å². The first-order chi connectivity index (χ1) is 9.31. The van der Waals surface area contributed by atoms with Crippen molar-refractivity contribution in [2.24, 2.45) is 0 Å². The van der Waals surface area contributed by atoms with Crippen LogP contribution in [0.25, 0.3) is 0 Å². The zero-order valence-corrected chi connectivity index (χ0v) is 13.6. The van der Waals surface area contributed by atoms with Crippen LogP contribution in [-0.4, -0.2) is 27.6 Å². The van der Waals surface area contributed by atoms with Crippen LogP contribution in [0.2, 0.25) is 0 Å². The molecule has 1 rings (SSSR count). The fourth-order valence-corrected chi connectivity index (χ4v) is 2.42. The van der Waals surface area contributed by atoms with Crippen molar-refractivity contribution in [1.82, 2.24) is 9.88 Å². The van der Waals surface area contributed by atoms with Gasteiger partial charge in [-0.15, -0.1) is 0 Å². The van der Waals surface area contributed by atoms with Crippen molar-refractivity contribution in [2.45, 2.75) is 52.1 Å². The number of carboxylic acids is 1. The Bertz CT molecular complexity index is 483. The highest BCUT2D eigenvalue weighted by Gasteiger charge is 2.16. The second kappa shape index (κ2) is 7.47. The van der Waals surface area contributed by atoms with Crippen LogP contribution in [0.1, 0.15) is 56.6 Å². The summed E-state index contributed by atoms with van der Waals surface area (Å²) in [5.41, 5.74) is 0.608. The van der Waals surface area contributed by atoms with Crippen molar-refractivity contribution < 1.29 is 14.7 Å². The number of amides is 1. The molecule has 20 heavy (non-hydrogen) atoms. The van der Waals surface area contributed by atoms with E-state index in [0.29, 0.717) is 18.5 Å². The fourth-order valence-electron chi connectivity index (χ4n) is 1.98. The zero-order valence-electron chi connectivity index (χ0n) is 12.0. The number of hydrogen-bond donors (Lipinski definition) is 2. The number of aromatic nitrogens is 1. The van der Waals surface area contributed by atoms with Crippen LogP contribution in [-0.2, 0) is 4.79 Å². The van der Waals surface area contributed by atoms with Gasteiger partial charge < -0.3 is 15.0 Å². The van der Waals surface area contributed by atoms with Gasteiger partial charge in [0.15, 0.2) is 0 Å². The first kappa shape index (κ1) is 16.8. The number of rotatable bonds is 7. The van der Waals surface area contributed by atoms with Gasteiger partial charge in [0.1, 0.15) is 5.69 Å². The van der Waals surface area contributed by atoms with Crippen molar-refractivity contribution >= 4 is 27.8 Å². The Morgan fingerprint density at radius 1 is 1.40 bits per heavy atom. The number of carboxylic acid groups (broad SMARTS) is 1. The van der Waals surface area contributed by atoms with E-state index in [0.717, 1.165) is 4.47 Å². The second-order valence-corrected chi connectivity index (χ2v) is 6.12. The third-order valence-corrected chi connectivity index (χ3v) is 3.44. The van der Waals surface area contributed by atoms with Crippen molar-refractivity contribution in [3.05, 3.63) is 22.4 Å². The average Bonchev–Trinajstić information content (AvgIpc) is 2.71. The lowest BCUT2D eigenvalue weighted by molar-refractivity contribution is -0.137. The largest absolute Gasteiger partial charge is 0.481 e. The maximum Gasteiger partial charge on any atom is 0.303 e. The number of halogens is 1. The van der Waals surface area contributed by atoms with Crippen LogP contribution < -0.4 is 5.32 Å². The molecule has 1 unspecified atom stereocenters. The van der Waals surface area contributed by atoms with Gasteiger partial charge in [0.2, 0.25) is 0 Å². The molecule has 0 radical (unpaired) electrons. The molecule has 0 aliphatic heterocycles. The Balaban J connectivity index is 2.60. The topological polar surface area (TPSA) is 71.3 Å². The Kier molecular flexibility index (Phi) is 6.26. The molecule has 112 valence electrons. The minimum atomic E-state index is -0.804. The summed E-state index contributed by atoms with van der Waals surface area (Å²) in [4.78, 5) is 22.7. The van der Waals surface area contributed by atoms with E-state index in [1.165, 1.54) is 0 Å². The Hall–Kier alpha value is -1.30. The van der Waals surface area contributed by atoms with E-state index in [4.69, 9.17) is 5.11 Å². The SMILES string of the molecule is CC(CCCC(=O)O)NC(=O)c1cc(Br)cn1C(C)C. The summed E-state index contributed by atoms with van der Waals surface area (Å²) in [6, 6.07) is 1.94. The van der Waals surface area contributed by atoms with Crippen molar-refractivity contribution in [1.29, 1.82) is 0 Å². The van der Waals surface area contributed by atoms with Gasteiger partial charge in [-0.25, -0.2) is 0 Å². The molecule has 0 aliphatic carbocycles. The third kappa shape index (κ3) is 5.00. The highest BCUT2D eigenvalue weighted by molar-refractivity contribution is 9.10. The number of aliphatic carboxylic acids is 1. The number of hydrogen-bond acceptors (Lipinski definition) is 2. The number of nitrogens with zero attached hydrogens (tertiary/aromatic N) is 1. The first-order valence-electron chi connectivity index (χ1n) is 6.71. The van der Waals surface area contributed by atoms with Gasteiger partial charge >= 0.3 is 5.97 Å². The quantitative estimate of drug-likeness (QED) is 0.797. The molecule has 1 atom stereocenters. The lowest BCUT2D eigenvalue weighted by Crippen LogP contribution is -2.34. The summed E-state index contributed by atoms with van der Waals surface area (Å²) in [6.45, 7) is 5.91. The van der Waals surface area contributed by atoms with Gasteiger partial charge in [0, 0.05) is 29.2 Å². The van der Waals surface area contributed by atoms with Crippen LogP contribution in [0.4, 0.5) is 0 Å². The lowest BCUT2D eigenvalue weighted by atomic mass is 10.1. The van der Waals surface area contributed by atoms with Crippen molar-refractivity contribution in [2.75, 3.05) is 0 Å². The van der Waals surface area contributed by atoms with Crippen LogP contribution >= 0.6 is 15.9 Å². The molecule has 6 heteroatoms. The molecule has 0 saturated heterocycles. The van der Waals surface area contributed by atoms with E-state index in [1.807, 2.05) is 31.5 Å². The van der Waals surface area contributed by atoms with Gasteiger partial charge in [-0.1, -0.05) is 0 Å². The molecule has 2 N–H and O–H groups in total. The second-order valence-electron chi connectivity index (χ2n) is 5.21. The molecule has 0 bridgehead atoms. The summed E-state index contributed by atoms with van der Waals surface area (Å²) < 4.78 is 2.78. The zero-order chi connectivity index (χ0) is 15.3.